The van der Waals surface area contributed by atoms with Crippen molar-refractivity contribution < 1.29 is 14.4 Å². The number of piperazine rings is 1. The number of carbonyl (C=O) groups is 3. The summed E-state index contributed by atoms with van der Waals surface area (Å²) in [4.78, 5) is 49.1. The van der Waals surface area contributed by atoms with Crippen molar-refractivity contribution in [3.8, 4) is 21.8 Å². The Morgan fingerprint density at radius 1 is 0.647 bits per heavy atom. The van der Waals surface area contributed by atoms with E-state index in [1.165, 1.54) is 11.3 Å². The van der Waals surface area contributed by atoms with Gasteiger partial charge in [0.1, 0.15) is 9.88 Å². The SMILES string of the molecule is O=C(C(=O)N1CCN(C(=O)c2sc(-c3ccccc3)nc2-c2ccccc2)CC1)N1CCCC1. The standard InChI is InChI=1S/C26H26N4O3S/c31-24(29-15-17-30(18-16-29)26(33)25(32)28-13-7-8-14-28)22-21(19-9-3-1-4-10-19)27-23(34-22)20-11-5-2-6-12-20/h1-6,9-12H,7-8,13-18H2. The van der Waals surface area contributed by atoms with Crippen molar-refractivity contribution in [1.82, 2.24) is 19.7 Å². The van der Waals surface area contributed by atoms with Crippen molar-refractivity contribution in [2.75, 3.05) is 39.3 Å². The molecule has 0 bridgehead atoms. The van der Waals surface area contributed by atoms with E-state index in [0.717, 1.165) is 29.0 Å². The van der Waals surface area contributed by atoms with Crippen molar-refractivity contribution in [3.63, 3.8) is 0 Å². The highest BCUT2D eigenvalue weighted by atomic mass is 32.1. The number of nitrogens with zero attached hydrogens (tertiary/aromatic N) is 4. The summed E-state index contributed by atoms with van der Waals surface area (Å²) in [6.07, 6.45) is 1.90. The molecule has 3 heterocycles. The van der Waals surface area contributed by atoms with Crippen LogP contribution in [0.5, 0.6) is 0 Å². The molecule has 0 atom stereocenters. The summed E-state index contributed by atoms with van der Waals surface area (Å²) in [5.41, 5.74) is 2.55. The lowest BCUT2D eigenvalue weighted by molar-refractivity contribution is -0.152. The maximum absolute atomic E-state index is 13.6. The second-order valence-electron chi connectivity index (χ2n) is 8.51. The molecule has 0 N–H and O–H groups in total. The fourth-order valence-corrected chi connectivity index (χ4v) is 5.47. The first-order valence-electron chi connectivity index (χ1n) is 11.6. The first kappa shape index (κ1) is 22.3. The average molecular weight is 475 g/mol. The highest BCUT2D eigenvalue weighted by Gasteiger charge is 2.33. The molecule has 2 fully saturated rings. The van der Waals surface area contributed by atoms with Crippen molar-refractivity contribution in [2.24, 2.45) is 0 Å². The van der Waals surface area contributed by atoms with E-state index in [0.29, 0.717) is 49.8 Å². The summed E-state index contributed by atoms with van der Waals surface area (Å²) >= 11 is 1.39. The van der Waals surface area contributed by atoms with E-state index in [2.05, 4.69) is 0 Å². The van der Waals surface area contributed by atoms with Crippen LogP contribution in [0.15, 0.2) is 60.7 Å². The van der Waals surface area contributed by atoms with Gasteiger partial charge >= 0.3 is 11.8 Å². The number of amides is 3. The molecule has 7 nitrogen and oxygen atoms in total. The number of rotatable bonds is 3. The molecule has 3 amide bonds. The molecule has 8 heteroatoms. The molecule has 2 saturated heterocycles. The third-order valence-corrected chi connectivity index (χ3v) is 7.41. The van der Waals surface area contributed by atoms with Crippen LogP contribution in [0.3, 0.4) is 0 Å². The van der Waals surface area contributed by atoms with Crippen LogP contribution in [0.25, 0.3) is 21.8 Å². The van der Waals surface area contributed by atoms with Crippen LogP contribution >= 0.6 is 11.3 Å². The Hall–Kier alpha value is -3.52. The largest absolute Gasteiger partial charge is 0.334 e. The second-order valence-corrected chi connectivity index (χ2v) is 9.51. The van der Waals surface area contributed by atoms with Crippen LogP contribution in [0.2, 0.25) is 0 Å². The van der Waals surface area contributed by atoms with Crippen LogP contribution in [-0.4, -0.2) is 76.7 Å². The highest BCUT2D eigenvalue weighted by molar-refractivity contribution is 7.17. The van der Waals surface area contributed by atoms with E-state index < -0.39 is 11.8 Å². The van der Waals surface area contributed by atoms with Crippen LogP contribution in [0.1, 0.15) is 22.5 Å². The summed E-state index contributed by atoms with van der Waals surface area (Å²) in [5.74, 6) is -0.960. The number of hydrogen-bond acceptors (Lipinski definition) is 5. The Kier molecular flexibility index (Phi) is 6.40. The van der Waals surface area contributed by atoms with E-state index in [1.807, 2.05) is 60.7 Å². The molecule has 5 rings (SSSR count). The quantitative estimate of drug-likeness (QED) is 0.546. The van der Waals surface area contributed by atoms with Gasteiger partial charge in [-0.25, -0.2) is 4.98 Å². The number of aromatic nitrogens is 1. The number of benzene rings is 2. The minimum absolute atomic E-state index is 0.0866. The molecule has 2 aliphatic heterocycles. The normalized spacial score (nSPS) is 16.1. The van der Waals surface area contributed by atoms with Crippen molar-refractivity contribution in [3.05, 3.63) is 65.5 Å². The number of carbonyl (C=O) groups excluding carboxylic acids is 3. The van der Waals surface area contributed by atoms with Crippen molar-refractivity contribution >= 4 is 29.1 Å². The van der Waals surface area contributed by atoms with Gasteiger partial charge in [-0.1, -0.05) is 60.7 Å². The molecular weight excluding hydrogens is 448 g/mol. The van der Waals surface area contributed by atoms with Gasteiger partial charge in [-0.3, -0.25) is 14.4 Å². The van der Waals surface area contributed by atoms with E-state index in [4.69, 9.17) is 4.98 Å². The molecule has 3 aromatic rings. The van der Waals surface area contributed by atoms with Crippen LogP contribution < -0.4 is 0 Å². The molecule has 2 aliphatic rings. The number of thiazole rings is 1. The van der Waals surface area contributed by atoms with Crippen molar-refractivity contribution in [1.29, 1.82) is 0 Å². The highest BCUT2D eigenvalue weighted by Crippen LogP contribution is 2.34. The maximum atomic E-state index is 13.6. The van der Waals surface area contributed by atoms with Crippen LogP contribution in [-0.2, 0) is 9.59 Å². The molecular formula is C26H26N4O3S. The Bertz CT molecular complexity index is 1180. The van der Waals surface area contributed by atoms with Gasteiger partial charge in [0.25, 0.3) is 5.91 Å². The van der Waals surface area contributed by atoms with Gasteiger partial charge in [0.2, 0.25) is 0 Å². The lowest BCUT2D eigenvalue weighted by Gasteiger charge is -2.34. The van der Waals surface area contributed by atoms with Gasteiger partial charge in [0.05, 0.1) is 5.69 Å². The van der Waals surface area contributed by atoms with Gasteiger partial charge in [0.15, 0.2) is 0 Å². The lowest BCUT2D eigenvalue weighted by atomic mass is 10.1. The van der Waals surface area contributed by atoms with Gasteiger partial charge in [-0.2, -0.15) is 0 Å². The smallest absolute Gasteiger partial charge is 0.312 e. The molecule has 2 aromatic carbocycles. The van der Waals surface area contributed by atoms with Crippen LogP contribution in [0.4, 0.5) is 0 Å². The molecule has 0 radical (unpaired) electrons. The number of hydrogen-bond donors (Lipinski definition) is 0. The zero-order valence-electron chi connectivity index (χ0n) is 18.9. The second kappa shape index (κ2) is 9.77. The van der Waals surface area contributed by atoms with Crippen LogP contribution in [0, 0.1) is 0 Å². The van der Waals surface area contributed by atoms with E-state index in [9.17, 15) is 14.4 Å². The van der Waals surface area contributed by atoms with E-state index in [-0.39, 0.29) is 5.91 Å². The maximum Gasteiger partial charge on any atom is 0.312 e. The van der Waals surface area contributed by atoms with Crippen molar-refractivity contribution in [2.45, 2.75) is 12.8 Å². The summed E-state index contributed by atoms with van der Waals surface area (Å²) in [7, 11) is 0. The molecule has 0 saturated carbocycles. The molecule has 0 spiro atoms. The minimum Gasteiger partial charge on any atom is -0.334 e. The molecule has 0 unspecified atom stereocenters. The monoisotopic (exact) mass is 474 g/mol. The summed E-state index contributed by atoms with van der Waals surface area (Å²) in [5, 5.41) is 0.799. The Morgan fingerprint density at radius 2 is 1.15 bits per heavy atom. The summed E-state index contributed by atoms with van der Waals surface area (Å²) < 4.78 is 0. The predicted molar refractivity (Wildman–Crippen MR) is 131 cm³/mol. The predicted octanol–water partition coefficient (Wildman–Crippen LogP) is 3.38. The first-order chi connectivity index (χ1) is 16.6. The third kappa shape index (κ3) is 4.46. The molecule has 174 valence electrons. The zero-order valence-corrected chi connectivity index (χ0v) is 19.7. The number of likely N-dealkylation sites (tertiary alicyclic amines) is 1. The third-order valence-electron chi connectivity index (χ3n) is 6.32. The van der Waals surface area contributed by atoms with E-state index >= 15 is 0 Å². The summed E-state index contributed by atoms with van der Waals surface area (Å²) in [6.45, 7) is 2.81. The lowest BCUT2D eigenvalue weighted by Crippen LogP contribution is -2.54. The summed E-state index contributed by atoms with van der Waals surface area (Å²) in [6, 6.07) is 19.6. The Labute approximate surface area is 202 Å². The fraction of sp³-hybridized carbons (Fsp3) is 0.308. The fourth-order valence-electron chi connectivity index (χ4n) is 4.41. The Morgan fingerprint density at radius 3 is 1.74 bits per heavy atom. The average Bonchev–Trinajstić information content (AvgIpc) is 3.60. The molecule has 0 aliphatic carbocycles. The Balaban J connectivity index is 1.34. The van der Waals surface area contributed by atoms with Gasteiger partial charge in [0, 0.05) is 50.4 Å². The van der Waals surface area contributed by atoms with E-state index in [1.54, 1.807) is 14.7 Å². The van der Waals surface area contributed by atoms with Gasteiger partial charge in [-0.05, 0) is 12.8 Å². The topological polar surface area (TPSA) is 73.8 Å². The minimum atomic E-state index is -0.455. The molecule has 1 aromatic heterocycles. The first-order valence-corrected chi connectivity index (χ1v) is 12.4. The molecule has 34 heavy (non-hydrogen) atoms. The zero-order chi connectivity index (χ0) is 23.5. The van der Waals surface area contributed by atoms with Gasteiger partial charge < -0.3 is 14.7 Å². The van der Waals surface area contributed by atoms with Gasteiger partial charge in [-0.15, -0.1) is 11.3 Å².